The lowest BCUT2D eigenvalue weighted by atomic mass is 9.75. The normalized spacial score (nSPS) is 22.1. The predicted octanol–water partition coefficient (Wildman–Crippen LogP) is 2.78. The number of hydrogen-bond acceptors (Lipinski definition) is 6. The van der Waals surface area contributed by atoms with Gasteiger partial charge in [-0.3, -0.25) is 14.5 Å². The number of para-hydroxylation sites is 1. The van der Waals surface area contributed by atoms with E-state index in [-0.39, 0.29) is 12.5 Å². The molecule has 2 N–H and O–H groups in total. The van der Waals surface area contributed by atoms with Crippen LogP contribution in [0.15, 0.2) is 30.5 Å². The fourth-order valence-corrected chi connectivity index (χ4v) is 4.87. The first-order valence-electron chi connectivity index (χ1n) is 11.6. The van der Waals surface area contributed by atoms with Gasteiger partial charge in [0.25, 0.3) is 5.91 Å². The minimum Gasteiger partial charge on any atom is -0.493 e. The number of imide groups is 1. The van der Waals surface area contributed by atoms with Gasteiger partial charge in [0.1, 0.15) is 17.9 Å². The van der Waals surface area contributed by atoms with Crippen molar-refractivity contribution in [1.82, 2.24) is 20.0 Å². The number of rotatable bonds is 8. The van der Waals surface area contributed by atoms with Crippen LogP contribution >= 0.6 is 0 Å². The standard InChI is InChI=1S/C24H31N5O5/c1-4-16-8-11-24(12-9-16)22(31)28(23(32)27-24)15-20(30)26-19-10-13-25-29(19)14-17-6-5-7-18(33-2)21(17)34-3/h5-7,10,13,16H,4,8-9,11-12,14-15H2,1-3H3,(H,26,30)(H,27,32). The Kier molecular flexibility index (Phi) is 6.76. The molecule has 1 aliphatic heterocycles. The molecular weight excluding hydrogens is 438 g/mol. The summed E-state index contributed by atoms with van der Waals surface area (Å²) in [4.78, 5) is 39.4. The van der Waals surface area contributed by atoms with Crippen molar-refractivity contribution in [3.05, 3.63) is 36.0 Å². The van der Waals surface area contributed by atoms with Crippen LogP contribution in [0.5, 0.6) is 11.5 Å². The highest BCUT2D eigenvalue weighted by Gasteiger charge is 2.52. The Morgan fingerprint density at radius 2 is 1.97 bits per heavy atom. The van der Waals surface area contributed by atoms with Crippen molar-refractivity contribution < 1.29 is 23.9 Å². The molecule has 2 aromatic rings. The molecular formula is C24H31N5O5. The number of ether oxygens (including phenoxy) is 2. The summed E-state index contributed by atoms with van der Waals surface area (Å²) in [5.74, 6) is 1.42. The molecule has 4 rings (SSSR count). The molecule has 10 heteroatoms. The Bertz CT molecular complexity index is 1070. The highest BCUT2D eigenvalue weighted by atomic mass is 16.5. The van der Waals surface area contributed by atoms with Crippen LogP contribution in [0, 0.1) is 5.92 Å². The number of benzene rings is 1. The molecule has 1 aliphatic carbocycles. The second kappa shape index (κ2) is 9.74. The summed E-state index contributed by atoms with van der Waals surface area (Å²) in [6.07, 6.45) is 5.66. The van der Waals surface area contributed by atoms with Crippen LogP contribution in [0.25, 0.3) is 0 Å². The maximum absolute atomic E-state index is 13.1. The molecule has 2 heterocycles. The van der Waals surface area contributed by atoms with E-state index in [2.05, 4.69) is 22.7 Å². The van der Waals surface area contributed by atoms with E-state index in [1.54, 1.807) is 37.2 Å². The van der Waals surface area contributed by atoms with Gasteiger partial charge >= 0.3 is 6.03 Å². The van der Waals surface area contributed by atoms with Crippen LogP contribution < -0.4 is 20.1 Å². The van der Waals surface area contributed by atoms with Gasteiger partial charge in [0.2, 0.25) is 5.91 Å². The lowest BCUT2D eigenvalue weighted by Gasteiger charge is -2.34. The van der Waals surface area contributed by atoms with Gasteiger partial charge < -0.3 is 20.1 Å². The number of urea groups is 1. The minimum atomic E-state index is -0.867. The zero-order valence-electron chi connectivity index (χ0n) is 19.8. The molecule has 0 bridgehead atoms. The first-order chi connectivity index (χ1) is 16.4. The summed E-state index contributed by atoms with van der Waals surface area (Å²) < 4.78 is 12.4. The molecule has 1 saturated heterocycles. The Balaban J connectivity index is 1.42. The van der Waals surface area contributed by atoms with Crippen molar-refractivity contribution in [3.8, 4) is 11.5 Å². The molecule has 10 nitrogen and oxygen atoms in total. The molecule has 2 aliphatic rings. The maximum atomic E-state index is 13.1. The van der Waals surface area contributed by atoms with Crippen molar-refractivity contribution in [2.75, 3.05) is 26.1 Å². The number of carbonyl (C=O) groups excluding carboxylic acids is 3. The van der Waals surface area contributed by atoms with E-state index in [1.807, 2.05) is 12.1 Å². The molecule has 0 radical (unpaired) electrons. The fraction of sp³-hybridized carbons (Fsp3) is 0.500. The zero-order chi connectivity index (χ0) is 24.3. The smallest absolute Gasteiger partial charge is 0.325 e. The number of nitrogens with one attached hydrogen (secondary N) is 2. The van der Waals surface area contributed by atoms with Crippen LogP contribution in [0.3, 0.4) is 0 Å². The van der Waals surface area contributed by atoms with Gasteiger partial charge in [0.15, 0.2) is 11.5 Å². The number of methoxy groups -OCH3 is 2. The van der Waals surface area contributed by atoms with Gasteiger partial charge in [-0.2, -0.15) is 5.10 Å². The summed E-state index contributed by atoms with van der Waals surface area (Å²) in [7, 11) is 3.13. The minimum absolute atomic E-state index is 0.308. The topological polar surface area (TPSA) is 115 Å². The van der Waals surface area contributed by atoms with Gasteiger partial charge in [-0.15, -0.1) is 0 Å². The third-order valence-corrected chi connectivity index (χ3v) is 6.87. The van der Waals surface area contributed by atoms with Gasteiger partial charge in [-0.1, -0.05) is 25.5 Å². The SMILES string of the molecule is CCC1CCC2(CC1)NC(=O)N(CC(=O)Nc1ccnn1Cc1cccc(OC)c1OC)C2=O. The second-order valence-electron chi connectivity index (χ2n) is 8.83. The molecule has 0 unspecified atom stereocenters. The monoisotopic (exact) mass is 469 g/mol. The summed E-state index contributed by atoms with van der Waals surface area (Å²) in [5, 5.41) is 9.91. The Hall–Kier alpha value is -3.56. The number of carbonyl (C=O) groups is 3. The van der Waals surface area contributed by atoms with E-state index < -0.39 is 17.5 Å². The van der Waals surface area contributed by atoms with Crippen molar-refractivity contribution in [2.24, 2.45) is 5.92 Å². The van der Waals surface area contributed by atoms with Crippen molar-refractivity contribution in [2.45, 2.75) is 51.1 Å². The van der Waals surface area contributed by atoms with Crippen LogP contribution in [-0.4, -0.2) is 58.8 Å². The summed E-state index contributed by atoms with van der Waals surface area (Å²) in [6.45, 7) is 2.12. The number of hydrogen-bond donors (Lipinski definition) is 2. The largest absolute Gasteiger partial charge is 0.493 e. The molecule has 2 fully saturated rings. The summed E-state index contributed by atoms with van der Waals surface area (Å²) in [6, 6.07) is 6.68. The molecule has 1 aromatic heterocycles. The molecule has 1 aromatic carbocycles. The Labute approximate surface area is 198 Å². The van der Waals surface area contributed by atoms with Gasteiger partial charge in [0, 0.05) is 11.6 Å². The van der Waals surface area contributed by atoms with E-state index in [0.717, 1.165) is 29.7 Å². The van der Waals surface area contributed by atoms with Gasteiger partial charge in [-0.25, -0.2) is 9.48 Å². The molecule has 34 heavy (non-hydrogen) atoms. The molecule has 0 atom stereocenters. The number of aromatic nitrogens is 2. The highest BCUT2D eigenvalue weighted by Crippen LogP contribution is 2.37. The number of amides is 4. The number of anilines is 1. The summed E-state index contributed by atoms with van der Waals surface area (Å²) in [5.41, 5.74) is -0.0481. The average Bonchev–Trinajstić information content (AvgIpc) is 3.36. The molecule has 1 spiro atoms. The predicted molar refractivity (Wildman–Crippen MR) is 125 cm³/mol. The van der Waals surface area contributed by atoms with E-state index in [9.17, 15) is 14.4 Å². The van der Waals surface area contributed by atoms with E-state index in [0.29, 0.717) is 42.6 Å². The Morgan fingerprint density at radius 1 is 1.21 bits per heavy atom. The molecule has 1 saturated carbocycles. The molecule has 4 amide bonds. The summed E-state index contributed by atoms with van der Waals surface area (Å²) >= 11 is 0. The van der Waals surface area contributed by atoms with E-state index in [1.165, 1.54) is 0 Å². The Morgan fingerprint density at radius 3 is 2.65 bits per heavy atom. The quantitative estimate of drug-likeness (QED) is 0.575. The van der Waals surface area contributed by atoms with Crippen molar-refractivity contribution >= 4 is 23.7 Å². The molecule has 182 valence electrons. The zero-order valence-corrected chi connectivity index (χ0v) is 19.8. The fourth-order valence-electron chi connectivity index (χ4n) is 4.87. The van der Waals surface area contributed by atoms with Crippen LogP contribution in [0.4, 0.5) is 10.6 Å². The third kappa shape index (κ3) is 4.44. The lowest BCUT2D eigenvalue weighted by molar-refractivity contribution is -0.135. The number of nitrogens with zero attached hydrogens (tertiary/aromatic N) is 3. The maximum Gasteiger partial charge on any atom is 0.325 e. The second-order valence-corrected chi connectivity index (χ2v) is 8.83. The highest BCUT2D eigenvalue weighted by molar-refractivity contribution is 6.10. The van der Waals surface area contributed by atoms with Gasteiger partial charge in [-0.05, 0) is 37.7 Å². The van der Waals surface area contributed by atoms with Crippen molar-refractivity contribution in [1.29, 1.82) is 0 Å². The van der Waals surface area contributed by atoms with Gasteiger partial charge in [0.05, 0.1) is 27.0 Å². The first kappa shape index (κ1) is 23.6. The first-order valence-corrected chi connectivity index (χ1v) is 11.6. The third-order valence-electron chi connectivity index (χ3n) is 6.87. The van der Waals surface area contributed by atoms with E-state index >= 15 is 0 Å². The lowest BCUT2D eigenvalue weighted by Crippen LogP contribution is -2.49. The van der Waals surface area contributed by atoms with Crippen LogP contribution in [-0.2, 0) is 16.1 Å². The van der Waals surface area contributed by atoms with Crippen molar-refractivity contribution in [3.63, 3.8) is 0 Å². The van der Waals surface area contributed by atoms with Crippen LogP contribution in [0.1, 0.15) is 44.6 Å². The average molecular weight is 470 g/mol. The van der Waals surface area contributed by atoms with E-state index in [4.69, 9.17) is 9.47 Å². The van der Waals surface area contributed by atoms with Crippen LogP contribution in [0.2, 0.25) is 0 Å².